The van der Waals surface area contributed by atoms with E-state index in [0.29, 0.717) is 27.8 Å². The van der Waals surface area contributed by atoms with Crippen molar-refractivity contribution in [3.8, 4) is 6.07 Å². The molecule has 0 aliphatic rings. The van der Waals surface area contributed by atoms with Crippen LogP contribution in [0.15, 0.2) is 16.6 Å². The molecule has 0 heterocycles. The molecule has 0 aliphatic heterocycles. The van der Waals surface area contributed by atoms with Crippen LogP contribution in [0.3, 0.4) is 0 Å². The molecular weight excluding hydrogens is 258 g/mol. The Morgan fingerprint density at radius 3 is 2.80 bits per heavy atom. The summed E-state index contributed by atoms with van der Waals surface area (Å²) in [4.78, 5) is 11.6. The van der Waals surface area contributed by atoms with Gasteiger partial charge in [-0.2, -0.15) is 5.26 Å². The Balaban J connectivity index is 3.28. The second-order valence-corrected chi connectivity index (χ2v) is 3.78. The predicted molar refractivity (Wildman–Crippen MR) is 59.6 cm³/mol. The summed E-state index contributed by atoms with van der Waals surface area (Å²) < 4.78 is 5.56. The van der Waals surface area contributed by atoms with Gasteiger partial charge in [0.15, 0.2) is 0 Å². The van der Waals surface area contributed by atoms with Crippen LogP contribution in [-0.2, 0) is 4.74 Å². The third-order valence-corrected chi connectivity index (χ3v) is 2.68. The minimum Gasteiger partial charge on any atom is -0.462 e. The Morgan fingerprint density at radius 1 is 1.60 bits per heavy atom. The predicted octanol–water partition coefficient (Wildman–Crippen LogP) is 2.81. The summed E-state index contributed by atoms with van der Waals surface area (Å²) in [6.07, 6.45) is 0. The van der Waals surface area contributed by atoms with Crippen molar-refractivity contribution >= 4 is 21.9 Å². The number of esters is 1. The van der Waals surface area contributed by atoms with E-state index in [1.165, 1.54) is 0 Å². The largest absolute Gasteiger partial charge is 0.462 e. The van der Waals surface area contributed by atoms with Gasteiger partial charge >= 0.3 is 5.97 Å². The quantitative estimate of drug-likeness (QED) is 0.775. The molecular formula is C11H10BrNO2. The van der Waals surface area contributed by atoms with Crippen molar-refractivity contribution < 1.29 is 9.53 Å². The smallest absolute Gasteiger partial charge is 0.339 e. The molecule has 0 spiro atoms. The van der Waals surface area contributed by atoms with Crippen LogP contribution < -0.4 is 0 Å². The van der Waals surface area contributed by atoms with Gasteiger partial charge in [-0.1, -0.05) is 0 Å². The minimum atomic E-state index is -0.404. The summed E-state index contributed by atoms with van der Waals surface area (Å²) >= 11 is 3.27. The Hall–Kier alpha value is -1.34. The van der Waals surface area contributed by atoms with Gasteiger partial charge in [0.2, 0.25) is 0 Å². The van der Waals surface area contributed by atoms with E-state index in [0.717, 1.165) is 0 Å². The topological polar surface area (TPSA) is 50.1 Å². The lowest BCUT2D eigenvalue weighted by atomic mass is 10.0. The molecule has 3 nitrogen and oxygen atoms in total. The first-order chi connectivity index (χ1) is 7.11. The van der Waals surface area contributed by atoms with Gasteiger partial charge in [0, 0.05) is 4.47 Å². The van der Waals surface area contributed by atoms with Crippen molar-refractivity contribution in [2.75, 3.05) is 6.61 Å². The molecule has 0 saturated carbocycles. The summed E-state index contributed by atoms with van der Waals surface area (Å²) in [5.41, 5.74) is 1.56. The molecule has 0 atom stereocenters. The Labute approximate surface area is 96.8 Å². The van der Waals surface area contributed by atoms with Crippen molar-refractivity contribution in [3.05, 3.63) is 33.3 Å². The minimum absolute atomic E-state index is 0.321. The van der Waals surface area contributed by atoms with Crippen LogP contribution in [0.5, 0.6) is 0 Å². The lowest BCUT2D eigenvalue weighted by Crippen LogP contribution is -2.08. The molecule has 4 heteroatoms. The van der Waals surface area contributed by atoms with E-state index in [-0.39, 0.29) is 0 Å². The SMILES string of the molecule is CCOC(=O)c1c(Br)ccc(C#N)c1C. The average Bonchev–Trinajstić information content (AvgIpc) is 2.18. The van der Waals surface area contributed by atoms with E-state index in [4.69, 9.17) is 10.00 Å². The number of halogens is 1. The third kappa shape index (κ3) is 2.37. The van der Waals surface area contributed by atoms with Crippen LogP contribution in [0, 0.1) is 18.3 Å². The number of ether oxygens (including phenoxy) is 1. The van der Waals surface area contributed by atoms with Gasteiger partial charge in [0.1, 0.15) is 0 Å². The molecule has 78 valence electrons. The second kappa shape index (κ2) is 4.94. The van der Waals surface area contributed by atoms with Gasteiger partial charge < -0.3 is 4.74 Å². The first-order valence-electron chi connectivity index (χ1n) is 4.48. The Kier molecular flexibility index (Phi) is 3.87. The van der Waals surface area contributed by atoms with E-state index in [2.05, 4.69) is 15.9 Å². The van der Waals surface area contributed by atoms with Gasteiger partial charge in [0.25, 0.3) is 0 Å². The van der Waals surface area contributed by atoms with Crippen molar-refractivity contribution in [2.24, 2.45) is 0 Å². The van der Waals surface area contributed by atoms with Crippen LogP contribution in [0.4, 0.5) is 0 Å². The van der Waals surface area contributed by atoms with Crippen molar-refractivity contribution in [2.45, 2.75) is 13.8 Å². The number of hydrogen-bond acceptors (Lipinski definition) is 3. The fourth-order valence-corrected chi connectivity index (χ4v) is 1.85. The highest BCUT2D eigenvalue weighted by molar-refractivity contribution is 9.10. The van der Waals surface area contributed by atoms with Crippen molar-refractivity contribution in [1.82, 2.24) is 0 Å². The Bertz CT molecular complexity index is 435. The molecule has 0 radical (unpaired) electrons. The molecule has 0 aliphatic carbocycles. The van der Waals surface area contributed by atoms with Gasteiger partial charge in [-0.05, 0) is 47.5 Å². The summed E-state index contributed by atoms with van der Waals surface area (Å²) in [7, 11) is 0. The summed E-state index contributed by atoms with van der Waals surface area (Å²) in [6.45, 7) is 3.80. The van der Waals surface area contributed by atoms with E-state index in [1.807, 2.05) is 6.07 Å². The Morgan fingerprint density at radius 2 is 2.27 bits per heavy atom. The van der Waals surface area contributed by atoms with Crippen LogP contribution in [0.1, 0.15) is 28.4 Å². The van der Waals surface area contributed by atoms with Crippen LogP contribution in [0.25, 0.3) is 0 Å². The maximum atomic E-state index is 11.6. The van der Waals surface area contributed by atoms with E-state index in [9.17, 15) is 4.79 Å². The maximum absolute atomic E-state index is 11.6. The monoisotopic (exact) mass is 267 g/mol. The molecule has 0 fully saturated rings. The van der Waals surface area contributed by atoms with Gasteiger partial charge in [-0.25, -0.2) is 4.79 Å². The fourth-order valence-electron chi connectivity index (χ4n) is 1.25. The molecule has 1 aromatic rings. The number of carbonyl (C=O) groups is 1. The van der Waals surface area contributed by atoms with Gasteiger partial charge in [0.05, 0.1) is 23.8 Å². The maximum Gasteiger partial charge on any atom is 0.339 e. The molecule has 15 heavy (non-hydrogen) atoms. The molecule has 0 amide bonds. The number of carbonyl (C=O) groups excluding carboxylic acids is 1. The third-order valence-electron chi connectivity index (χ3n) is 2.01. The summed E-state index contributed by atoms with van der Waals surface area (Å²) in [5, 5.41) is 8.83. The molecule has 0 bridgehead atoms. The number of hydrogen-bond donors (Lipinski definition) is 0. The fraction of sp³-hybridized carbons (Fsp3) is 0.273. The second-order valence-electron chi connectivity index (χ2n) is 2.93. The molecule has 1 rings (SSSR count). The van der Waals surface area contributed by atoms with E-state index < -0.39 is 5.97 Å². The highest BCUT2D eigenvalue weighted by Gasteiger charge is 2.16. The first kappa shape index (κ1) is 11.7. The van der Waals surface area contributed by atoms with Crippen LogP contribution in [-0.4, -0.2) is 12.6 Å². The average molecular weight is 268 g/mol. The highest BCUT2D eigenvalue weighted by Crippen LogP contribution is 2.23. The van der Waals surface area contributed by atoms with Gasteiger partial charge in [-0.15, -0.1) is 0 Å². The molecule has 0 unspecified atom stereocenters. The molecule has 1 aromatic carbocycles. The zero-order valence-electron chi connectivity index (χ0n) is 8.50. The lowest BCUT2D eigenvalue weighted by molar-refractivity contribution is 0.0524. The number of benzene rings is 1. The first-order valence-corrected chi connectivity index (χ1v) is 5.27. The summed E-state index contributed by atoms with van der Waals surface area (Å²) in [5.74, 6) is -0.404. The van der Waals surface area contributed by atoms with Crippen molar-refractivity contribution in [1.29, 1.82) is 5.26 Å². The van der Waals surface area contributed by atoms with Gasteiger partial charge in [-0.3, -0.25) is 0 Å². The van der Waals surface area contributed by atoms with Crippen LogP contribution in [0.2, 0.25) is 0 Å². The zero-order valence-corrected chi connectivity index (χ0v) is 10.1. The molecule has 0 N–H and O–H groups in total. The molecule has 0 saturated heterocycles. The number of nitrogens with zero attached hydrogens (tertiary/aromatic N) is 1. The standard InChI is InChI=1S/C11H10BrNO2/c1-3-15-11(14)10-7(2)8(6-13)4-5-9(10)12/h4-5H,3H2,1-2H3. The number of nitriles is 1. The van der Waals surface area contributed by atoms with Crippen molar-refractivity contribution in [3.63, 3.8) is 0 Å². The number of rotatable bonds is 2. The summed E-state index contributed by atoms with van der Waals surface area (Å²) in [6, 6.07) is 5.38. The van der Waals surface area contributed by atoms with E-state index in [1.54, 1.807) is 26.0 Å². The normalized spacial score (nSPS) is 9.47. The highest BCUT2D eigenvalue weighted by atomic mass is 79.9. The van der Waals surface area contributed by atoms with E-state index >= 15 is 0 Å². The lowest BCUT2D eigenvalue weighted by Gasteiger charge is -2.08. The van der Waals surface area contributed by atoms with Crippen LogP contribution >= 0.6 is 15.9 Å². The molecule has 0 aromatic heterocycles. The zero-order chi connectivity index (χ0) is 11.4.